The third-order valence-corrected chi connectivity index (χ3v) is 2.90. The molecule has 98 valence electrons. The number of rotatable bonds is 2. The first-order valence-electron chi connectivity index (χ1n) is 5.88. The molecular weight excluding hydrogens is 242 g/mol. The predicted molar refractivity (Wildman–Crippen MR) is 73.6 cm³/mol. The zero-order valence-corrected chi connectivity index (χ0v) is 10.8. The van der Waals surface area contributed by atoms with Gasteiger partial charge in [0.25, 0.3) is 5.91 Å². The minimum absolute atomic E-state index is 0.0217. The van der Waals surface area contributed by atoms with Crippen LogP contribution in [0.4, 0.5) is 5.69 Å². The Labute approximate surface area is 111 Å². The van der Waals surface area contributed by atoms with Crippen LogP contribution < -0.4 is 5.32 Å². The van der Waals surface area contributed by atoms with Gasteiger partial charge < -0.3 is 15.5 Å². The van der Waals surface area contributed by atoms with E-state index in [0.717, 1.165) is 11.1 Å². The lowest BCUT2D eigenvalue weighted by Crippen LogP contribution is -2.13. The molecule has 0 aromatic heterocycles. The summed E-state index contributed by atoms with van der Waals surface area (Å²) in [4.78, 5) is 12.2. The van der Waals surface area contributed by atoms with Gasteiger partial charge in [0.2, 0.25) is 0 Å². The first-order valence-corrected chi connectivity index (χ1v) is 5.88. The minimum atomic E-state index is -0.363. The van der Waals surface area contributed by atoms with Crippen molar-refractivity contribution in [2.24, 2.45) is 0 Å². The molecule has 0 unspecified atom stereocenters. The van der Waals surface area contributed by atoms with E-state index in [-0.39, 0.29) is 23.1 Å². The number of aryl methyl sites for hydroxylation is 2. The topological polar surface area (TPSA) is 69.6 Å². The first-order chi connectivity index (χ1) is 8.99. The average Bonchev–Trinajstić information content (AvgIpc) is 2.37. The number of benzene rings is 2. The maximum Gasteiger partial charge on any atom is 0.256 e. The van der Waals surface area contributed by atoms with Gasteiger partial charge >= 0.3 is 0 Å². The summed E-state index contributed by atoms with van der Waals surface area (Å²) in [6, 6.07) is 9.84. The standard InChI is InChI=1S/C15H15NO3/c1-9-6-7-10(2)11(8-9)15(19)16-14-12(17)4-3-5-13(14)18/h3-8,17-18H,1-2H3,(H,16,19). The maximum absolute atomic E-state index is 12.2. The van der Waals surface area contributed by atoms with E-state index in [2.05, 4.69) is 5.32 Å². The second-order valence-corrected chi connectivity index (χ2v) is 4.44. The average molecular weight is 257 g/mol. The van der Waals surface area contributed by atoms with Crippen molar-refractivity contribution < 1.29 is 15.0 Å². The number of para-hydroxylation sites is 1. The number of phenolic OH excluding ortho intramolecular Hbond substituents is 2. The van der Waals surface area contributed by atoms with E-state index >= 15 is 0 Å². The quantitative estimate of drug-likeness (QED) is 0.724. The van der Waals surface area contributed by atoms with E-state index in [0.29, 0.717) is 5.56 Å². The number of anilines is 1. The molecule has 2 aromatic carbocycles. The summed E-state index contributed by atoms with van der Waals surface area (Å²) >= 11 is 0. The zero-order valence-electron chi connectivity index (χ0n) is 10.8. The smallest absolute Gasteiger partial charge is 0.256 e. The molecule has 0 aliphatic rings. The Morgan fingerprint density at radius 1 is 1.05 bits per heavy atom. The Bertz CT molecular complexity index is 615. The highest BCUT2D eigenvalue weighted by Gasteiger charge is 2.14. The lowest BCUT2D eigenvalue weighted by atomic mass is 10.0. The molecule has 4 heteroatoms. The van der Waals surface area contributed by atoms with E-state index in [4.69, 9.17) is 0 Å². The summed E-state index contributed by atoms with van der Waals surface area (Å²) in [6.07, 6.45) is 0. The van der Waals surface area contributed by atoms with E-state index in [9.17, 15) is 15.0 Å². The first kappa shape index (κ1) is 13.0. The second-order valence-electron chi connectivity index (χ2n) is 4.44. The van der Waals surface area contributed by atoms with Crippen molar-refractivity contribution >= 4 is 11.6 Å². The third kappa shape index (κ3) is 2.68. The molecule has 0 aliphatic carbocycles. The maximum atomic E-state index is 12.2. The van der Waals surface area contributed by atoms with Crippen molar-refractivity contribution in [1.82, 2.24) is 0 Å². The molecule has 19 heavy (non-hydrogen) atoms. The number of hydrogen-bond acceptors (Lipinski definition) is 3. The summed E-state index contributed by atoms with van der Waals surface area (Å²) in [6.45, 7) is 3.73. The normalized spacial score (nSPS) is 10.2. The molecule has 3 N–H and O–H groups in total. The number of carbonyl (C=O) groups is 1. The molecule has 2 rings (SSSR count). The van der Waals surface area contributed by atoms with Crippen molar-refractivity contribution in [3.05, 3.63) is 53.1 Å². The van der Waals surface area contributed by atoms with Crippen molar-refractivity contribution in [2.75, 3.05) is 5.32 Å². The number of carbonyl (C=O) groups excluding carboxylic acids is 1. The Morgan fingerprint density at radius 2 is 1.68 bits per heavy atom. The molecule has 1 amide bonds. The predicted octanol–water partition coefficient (Wildman–Crippen LogP) is 2.97. The van der Waals surface area contributed by atoms with E-state index in [1.54, 1.807) is 6.07 Å². The zero-order chi connectivity index (χ0) is 14.0. The highest BCUT2D eigenvalue weighted by molar-refractivity contribution is 6.06. The van der Waals surface area contributed by atoms with Crippen molar-refractivity contribution in [3.8, 4) is 11.5 Å². The minimum Gasteiger partial charge on any atom is -0.506 e. The number of hydrogen-bond donors (Lipinski definition) is 3. The summed E-state index contributed by atoms with van der Waals surface area (Å²) in [7, 11) is 0. The SMILES string of the molecule is Cc1ccc(C)c(C(=O)Nc2c(O)cccc2O)c1. The molecule has 0 spiro atoms. The fraction of sp³-hybridized carbons (Fsp3) is 0.133. The molecule has 0 fully saturated rings. The number of nitrogens with one attached hydrogen (secondary N) is 1. The summed E-state index contributed by atoms with van der Waals surface area (Å²) in [5, 5.41) is 21.8. The Balaban J connectivity index is 2.34. The lowest BCUT2D eigenvalue weighted by Gasteiger charge is -2.11. The van der Waals surface area contributed by atoms with E-state index < -0.39 is 0 Å². The van der Waals surface area contributed by atoms with Gasteiger partial charge in [0.15, 0.2) is 0 Å². The highest BCUT2D eigenvalue weighted by Crippen LogP contribution is 2.32. The summed E-state index contributed by atoms with van der Waals surface area (Å²) in [5.41, 5.74) is 2.34. The van der Waals surface area contributed by atoms with Crippen molar-refractivity contribution in [2.45, 2.75) is 13.8 Å². The van der Waals surface area contributed by atoms with Crippen LogP contribution in [-0.2, 0) is 0 Å². The van der Waals surface area contributed by atoms with Gasteiger partial charge in [-0.25, -0.2) is 0 Å². The fourth-order valence-electron chi connectivity index (χ4n) is 1.82. The van der Waals surface area contributed by atoms with Crippen LogP contribution in [0.15, 0.2) is 36.4 Å². The van der Waals surface area contributed by atoms with Gasteiger partial charge in [-0.05, 0) is 37.6 Å². The Kier molecular flexibility index (Phi) is 3.42. The molecule has 0 radical (unpaired) electrons. The number of phenols is 2. The lowest BCUT2D eigenvalue weighted by molar-refractivity contribution is 0.102. The van der Waals surface area contributed by atoms with Crippen molar-refractivity contribution in [1.29, 1.82) is 0 Å². The molecule has 4 nitrogen and oxygen atoms in total. The van der Waals surface area contributed by atoms with Crippen LogP contribution in [0, 0.1) is 13.8 Å². The van der Waals surface area contributed by atoms with Gasteiger partial charge in [-0.15, -0.1) is 0 Å². The fourth-order valence-corrected chi connectivity index (χ4v) is 1.82. The van der Waals surface area contributed by atoms with Gasteiger partial charge in [0.05, 0.1) is 0 Å². The van der Waals surface area contributed by atoms with Crippen LogP contribution in [0.1, 0.15) is 21.5 Å². The monoisotopic (exact) mass is 257 g/mol. The molecule has 0 saturated heterocycles. The molecule has 0 heterocycles. The molecular formula is C15H15NO3. The van der Waals surface area contributed by atoms with Crippen LogP contribution in [0.25, 0.3) is 0 Å². The Morgan fingerprint density at radius 3 is 2.32 bits per heavy atom. The van der Waals surface area contributed by atoms with Crippen LogP contribution in [-0.4, -0.2) is 16.1 Å². The van der Waals surface area contributed by atoms with E-state index in [1.165, 1.54) is 18.2 Å². The molecule has 0 aliphatic heterocycles. The molecule has 0 atom stereocenters. The van der Waals surface area contributed by atoms with Crippen LogP contribution in [0.3, 0.4) is 0 Å². The van der Waals surface area contributed by atoms with Crippen LogP contribution in [0.5, 0.6) is 11.5 Å². The van der Waals surface area contributed by atoms with Gasteiger partial charge in [0.1, 0.15) is 17.2 Å². The summed E-state index contributed by atoms with van der Waals surface area (Å²) < 4.78 is 0. The second kappa shape index (κ2) is 5.02. The largest absolute Gasteiger partial charge is 0.506 e. The van der Waals surface area contributed by atoms with Crippen molar-refractivity contribution in [3.63, 3.8) is 0 Å². The van der Waals surface area contributed by atoms with E-state index in [1.807, 2.05) is 26.0 Å². The number of amides is 1. The van der Waals surface area contributed by atoms with Gasteiger partial charge in [0, 0.05) is 5.56 Å². The molecule has 0 bridgehead atoms. The van der Waals surface area contributed by atoms with Gasteiger partial charge in [-0.3, -0.25) is 4.79 Å². The van der Waals surface area contributed by atoms with Crippen LogP contribution in [0.2, 0.25) is 0 Å². The van der Waals surface area contributed by atoms with Crippen LogP contribution >= 0.6 is 0 Å². The summed E-state index contributed by atoms with van der Waals surface area (Å²) in [5.74, 6) is -0.699. The highest BCUT2D eigenvalue weighted by atomic mass is 16.3. The molecule has 0 saturated carbocycles. The third-order valence-electron chi connectivity index (χ3n) is 2.90. The van der Waals surface area contributed by atoms with Gasteiger partial charge in [-0.1, -0.05) is 23.8 Å². The molecule has 2 aromatic rings. The Hall–Kier alpha value is -2.49. The van der Waals surface area contributed by atoms with Gasteiger partial charge in [-0.2, -0.15) is 0 Å². The number of aromatic hydroxyl groups is 2.